The van der Waals surface area contributed by atoms with Crippen molar-refractivity contribution in [2.75, 3.05) is 10.3 Å². The number of amides is 1. The van der Waals surface area contributed by atoms with Crippen molar-refractivity contribution >= 4 is 40.4 Å². The van der Waals surface area contributed by atoms with Crippen molar-refractivity contribution in [3.8, 4) is 0 Å². The summed E-state index contributed by atoms with van der Waals surface area (Å²) in [6.07, 6.45) is 4.29. The number of hydrogen-bond acceptors (Lipinski definition) is 4. The second kappa shape index (κ2) is 8.23. The molecule has 1 saturated carbocycles. The highest BCUT2D eigenvalue weighted by Gasteiger charge is 2.44. The molecular formula is C24H26ClN3O2. The molecule has 4 rings (SSSR count). The second-order valence-corrected chi connectivity index (χ2v) is 8.90. The Kier molecular flexibility index (Phi) is 5.65. The first kappa shape index (κ1) is 20.6. The molecule has 30 heavy (non-hydrogen) atoms. The van der Waals surface area contributed by atoms with Crippen LogP contribution in [-0.4, -0.2) is 17.4 Å². The molecule has 1 amide bonds. The number of hydrogen-bond donors (Lipinski definition) is 1. The van der Waals surface area contributed by atoms with E-state index >= 15 is 0 Å². The molecule has 6 heteroatoms. The number of benzene rings is 2. The zero-order valence-corrected chi connectivity index (χ0v) is 18.1. The average Bonchev–Trinajstić information content (AvgIpc) is 2.86. The third-order valence-corrected chi connectivity index (χ3v) is 6.35. The SMILES string of the molecule is CC1(C)C(=O)N(Cc2ccccc2Cl)c2ccc(N/N=C3\CCCCCC3=O)cc21. The van der Waals surface area contributed by atoms with Gasteiger partial charge in [-0.05, 0) is 68.5 Å². The van der Waals surface area contributed by atoms with Crippen molar-refractivity contribution in [3.05, 3.63) is 58.6 Å². The van der Waals surface area contributed by atoms with Crippen LogP contribution in [0.4, 0.5) is 11.4 Å². The minimum absolute atomic E-state index is 0.0415. The maximum atomic E-state index is 13.2. The Morgan fingerprint density at radius 1 is 1.07 bits per heavy atom. The van der Waals surface area contributed by atoms with Crippen LogP contribution < -0.4 is 10.3 Å². The lowest BCUT2D eigenvalue weighted by Crippen LogP contribution is -2.35. The highest BCUT2D eigenvalue weighted by Crippen LogP contribution is 2.43. The van der Waals surface area contributed by atoms with Gasteiger partial charge < -0.3 is 4.90 Å². The molecule has 2 aliphatic rings. The molecule has 2 aromatic carbocycles. The number of fused-ring (bicyclic) bond motifs is 1. The van der Waals surface area contributed by atoms with Crippen molar-refractivity contribution in [2.45, 2.75) is 57.9 Å². The smallest absolute Gasteiger partial charge is 0.237 e. The van der Waals surface area contributed by atoms with E-state index in [1.807, 2.05) is 56.3 Å². The third kappa shape index (κ3) is 3.86. The van der Waals surface area contributed by atoms with E-state index in [1.165, 1.54) is 0 Å². The third-order valence-electron chi connectivity index (χ3n) is 5.99. The summed E-state index contributed by atoms with van der Waals surface area (Å²) in [5.74, 6) is 0.169. The van der Waals surface area contributed by atoms with Gasteiger partial charge in [-0.3, -0.25) is 15.0 Å². The molecule has 1 N–H and O–H groups in total. The number of nitrogens with zero attached hydrogens (tertiary/aromatic N) is 2. The number of nitrogens with one attached hydrogen (secondary N) is 1. The summed E-state index contributed by atoms with van der Waals surface area (Å²) in [6.45, 7) is 4.30. The average molecular weight is 424 g/mol. The highest BCUT2D eigenvalue weighted by atomic mass is 35.5. The van der Waals surface area contributed by atoms with E-state index in [4.69, 9.17) is 11.6 Å². The molecule has 2 aromatic rings. The number of anilines is 2. The van der Waals surface area contributed by atoms with Gasteiger partial charge in [0.25, 0.3) is 0 Å². The number of ketones is 1. The lowest BCUT2D eigenvalue weighted by molar-refractivity contribution is -0.122. The molecular weight excluding hydrogens is 398 g/mol. The molecule has 5 nitrogen and oxygen atoms in total. The van der Waals surface area contributed by atoms with E-state index < -0.39 is 5.41 Å². The molecule has 0 atom stereocenters. The predicted octanol–water partition coefficient (Wildman–Crippen LogP) is 5.47. The standard InChI is InChI=1S/C24H26ClN3O2/c1-24(2)18-14-17(26-27-20-10-4-3-5-11-22(20)29)12-13-21(18)28(23(24)30)15-16-8-6-7-9-19(16)25/h6-9,12-14,26H,3-5,10-11,15H2,1-2H3/b27-20+. The zero-order valence-electron chi connectivity index (χ0n) is 17.4. The predicted molar refractivity (Wildman–Crippen MR) is 121 cm³/mol. The molecule has 156 valence electrons. The lowest BCUT2D eigenvalue weighted by atomic mass is 9.86. The quantitative estimate of drug-likeness (QED) is 0.524. The lowest BCUT2D eigenvalue weighted by Gasteiger charge is -2.21. The van der Waals surface area contributed by atoms with Crippen LogP contribution in [0.25, 0.3) is 0 Å². The summed E-state index contributed by atoms with van der Waals surface area (Å²) in [5, 5.41) is 5.04. The molecule has 0 saturated heterocycles. The first-order valence-corrected chi connectivity index (χ1v) is 10.8. The second-order valence-electron chi connectivity index (χ2n) is 8.49. The molecule has 0 aromatic heterocycles. The van der Waals surface area contributed by atoms with Gasteiger partial charge in [-0.1, -0.05) is 36.2 Å². The molecule has 0 bridgehead atoms. The van der Waals surface area contributed by atoms with Gasteiger partial charge in [-0.15, -0.1) is 0 Å². The normalized spacial score (nSPS) is 19.7. The Morgan fingerprint density at radius 3 is 2.63 bits per heavy atom. The van der Waals surface area contributed by atoms with Crippen LogP contribution in [0.2, 0.25) is 5.02 Å². The maximum absolute atomic E-state index is 13.2. The molecule has 0 radical (unpaired) electrons. The van der Waals surface area contributed by atoms with E-state index in [0.29, 0.717) is 30.1 Å². The van der Waals surface area contributed by atoms with Gasteiger partial charge in [0.2, 0.25) is 5.91 Å². The van der Waals surface area contributed by atoms with Crippen molar-refractivity contribution in [2.24, 2.45) is 5.10 Å². The Labute approximate surface area is 182 Å². The van der Waals surface area contributed by atoms with Crippen molar-refractivity contribution in [3.63, 3.8) is 0 Å². The molecule has 0 unspecified atom stereocenters. The van der Waals surface area contributed by atoms with Crippen LogP contribution in [0, 0.1) is 0 Å². The summed E-state index contributed by atoms with van der Waals surface area (Å²) in [5.41, 5.74) is 6.52. The van der Waals surface area contributed by atoms with Gasteiger partial charge in [-0.25, -0.2) is 0 Å². The molecule has 1 aliphatic carbocycles. The Hall–Kier alpha value is -2.66. The topological polar surface area (TPSA) is 61.8 Å². The summed E-state index contributed by atoms with van der Waals surface area (Å²) in [7, 11) is 0. The van der Waals surface area contributed by atoms with Crippen molar-refractivity contribution in [1.29, 1.82) is 0 Å². The van der Waals surface area contributed by atoms with Gasteiger partial charge in [-0.2, -0.15) is 5.10 Å². The van der Waals surface area contributed by atoms with E-state index in [1.54, 1.807) is 4.90 Å². The monoisotopic (exact) mass is 423 g/mol. The Morgan fingerprint density at radius 2 is 1.83 bits per heavy atom. The van der Waals surface area contributed by atoms with E-state index in [0.717, 1.165) is 41.8 Å². The first-order valence-electron chi connectivity index (χ1n) is 10.4. The Bertz CT molecular complexity index is 1030. The summed E-state index contributed by atoms with van der Waals surface area (Å²) < 4.78 is 0. The van der Waals surface area contributed by atoms with Crippen LogP contribution >= 0.6 is 11.6 Å². The summed E-state index contributed by atoms with van der Waals surface area (Å²) >= 11 is 6.32. The first-order chi connectivity index (χ1) is 14.4. The number of hydrazone groups is 1. The molecule has 1 fully saturated rings. The Balaban J connectivity index is 1.61. The van der Waals surface area contributed by atoms with Crippen LogP contribution in [0.5, 0.6) is 0 Å². The number of halogens is 1. The van der Waals surface area contributed by atoms with Gasteiger partial charge >= 0.3 is 0 Å². The number of Topliss-reactive ketones (excluding diaryl/α,β-unsaturated/α-hetero) is 1. The molecule has 1 aliphatic heterocycles. The molecule has 1 heterocycles. The minimum Gasteiger partial charge on any atom is -0.307 e. The fraction of sp³-hybridized carbons (Fsp3) is 0.375. The van der Waals surface area contributed by atoms with Crippen LogP contribution in [0.3, 0.4) is 0 Å². The van der Waals surface area contributed by atoms with Crippen LogP contribution in [0.1, 0.15) is 57.1 Å². The van der Waals surface area contributed by atoms with Crippen LogP contribution in [-0.2, 0) is 21.5 Å². The molecule has 0 spiro atoms. The van der Waals surface area contributed by atoms with Gasteiger partial charge in [0.15, 0.2) is 5.78 Å². The van der Waals surface area contributed by atoms with Crippen molar-refractivity contribution < 1.29 is 9.59 Å². The van der Waals surface area contributed by atoms with Crippen molar-refractivity contribution in [1.82, 2.24) is 0 Å². The number of rotatable bonds is 4. The van der Waals surface area contributed by atoms with Gasteiger partial charge in [0, 0.05) is 17.1 Å². The number of carbonyl (C=O) groups is 2. The van der Waals surface area contributed by atoms with E-state index in [2.05, 4.69) is 10.5 Å². The summed E-state index contributed by atoms with van der Waals surface area (Å²) in [4.78, 5) is 27.2. The van der Waals surface area contributed by atoms with Gasteiger partial charge in [0.05, 0.1) is 17.6 Å². The summed E-state index contributed by atoms with van der Waals surface area (Å²) in [6, 6.07) is 13.4. The van der Waals surface area contributed by atoms with Crippen LogP contribution in [0.15, 0.2) is 47.6 Å². The van der Waals surface area contributed by atoms with E-state index in [9.17, 15) is 9.59 Å². The highest BCUT2D eigenvalue weighted by molar-refractivity contribution is 6.40. The van der Waals surface area contributed by atoms with Gasteiger partial charge in [0.1, 0.15) is 5.71 Å². The minimum atomic E-state index is -0.653. The maximum Gasteiger partial charge on any atom is 0.237 e. The number of carbonyl (C=O) groups excluding carboxylic acids is 2. The zero-order chi connectivity index (χ0) is 21.3. The fourth-order valence-corrected chi connectivity index (χ4v) is 4.34. The fourth-order valence-electron chi connectivity index (χ4n) is 4.15. The largest absolute Gasteiger partial charge is 0.307 e. The van der Waals surface area contributed by atoms with E-state index in [-0.39, 0.29) is 11.7 Å².